The predicted octanol–water partition coefficient (Wildman–Crippen LogP) is 0.399. The zero-order valence-corrected chi connectivity index (χ0v) is 7.42. The Morgan fingerprint density at radius 3 is 2.83 bits per heavy atom. The molecule has 0 aliphatic carbocycles. The van der Waals surface area contributed by atoms with Crippen LogP contribution in [-0.2, 0) is 7.05 Å². The van der Waals surface area contributed by atoms with Gasteiger partial charge in [-0.1, -0.05) is 4.98 Å². The Morgan fingerprint density at radius 1 is 1.42 bits per heavy atom. The lowest BCUT2D eigenvalue weighted by atomic mass is 10.4. The number of fused-ring (bicyclic) bond motifs is 1. The first kappa shape index (κ1) is 7.21. The summed E-state index contributed by atoms with van der Waals surface area (Å²) >= 11 is 0. The molecule has 2 aromatic rings. The number of aromatic amines is 1. The van der Waals surface area contributed by atoms with E-state index in [1.165, 1.54) is 0 Å². The molecule has 0 saturated heterocycles. The van der Waals surface area contributed by atoms with Crippen molar-refractivity contribution in [1.82, 2.24) is 15.0 Å². The topological polar surface area (TPSA) is 45.5 Å². The van der Waals surface area contributed by atoms with Gasteiger partial charge in [0, 0.05) is 6.92 Å². The van der Waals surface area contributed by atoms with Gasteiger partial charge in [0.05, 0.1) is 7.05 Å². The lowest BCUT2D eigenvalue weighted by Gasteiger charge is -1.90. The molecule has 2 heterocycles. The second-order valence-electron chi connectivity index (χ2n) is 2.96. The van der Waals surface area contributed by atoms with Gasteiger partial charge in [0.25, 0.3) is 5.65 Å². The van der Waals surface area contributed by atoms with Crippen molar-refractivity contribution in [2.75, 3.05) is 0 Å². The van der Waals surface area contributed by atoms with E-state index in [4.69, 9.17) is 0 Å². The maximum Gasteiger partial charge on any atom is 0.291 e. The van der Waals surface area contributed by atoms with Crippen LogP contribution in [-0.4, -0.2) is 15.0 Å². The molecule has 62 valence electrons. The molecule has 0 amide bonds. The highest BCUT2D eigenvalue weighted by Gasteiger charge is 2.12. The Balaban J connectivity index is 2.93. The number of aromatic nitrogens is 4. The Labute approximate surface area is 70.3 Å². The summed E-state index contributed by atoms with van der Waals surface area (Å²) < 4.78 is 1.91. The summed E-state index contributed by atoms with van der Waals surface area (Å²) in [4.78, 5) is 11.7. The van der Waals surface area contributed by atoms with E-state index in [9.17, 15) is 0 Å². The Hall–Kier alpha value is -1.45. The summed E-state index contributed by atoms with van der Waals surface area (Å²) in [6.07, 6.45) is 1.78. The molecule has 1 N–H and O–H groups in total. The fraction of sp³-hybridized carbons (Fsp3) is 0.375. The molecule has 2 aromatic heterocycles. The van der Waals surface area contributed by atoms with Crippen LogP contribution in [0.5, 0.6) is 0 Å². The van der Waals surface area contributed by atoms with Crippen molar-refractivity contribution in [3.8, 4) is 0 Å². The largest absolute Gasteiger partial charge is 0.322 e. The van der Waals surface area contributed by atoms with Crippen molar-refractivity contribution in [2.24, 2.45) is 7.05 Å². The minimum Gasteiger partial charge on any atom is -0.322 e. The number of rotatable bonds is 0. The van der Waals surface area contributed by atoms with E-state index < -0.39 is 0 Å². The zero-order chi connectivity index (χ0) is 8.72. The monoisotopic (exact) mass is 163 g/mol. The summed E-state index contributed by atoms with van der Waals surface area (Å²) in [7, 11) is 1.94. The van der Waals surface area contributed by atoms with E-state index in [1.54, 1.807) is 6.33 Å². The van der Waals surface area contributed by atoms with Gasteiger partial charge in [0.15, 0.2) is 11.3 Å². The van der Waals surface area contributed by atoms with Gasteiger partial charge in [-0.05, 0) is 6.92 Å². The third-order valence-electron chi connectivity index (χ3n) is 1.92. The smallest absolute Gasteiger partial charge is 0.291 e. The summed E-state index contributed by atoms with van der Waals surface area (Å²) in [6.45, 7) is 3.92. The average molecular weight is 163 g/mol. The van der Waals surface area contributed by atoms with Crippen LogP contribution in [0.2, 0.25) is 0 Å². The summed E-state index contributed by atoms with van der Waals surface area (Å²) in [5, 5.41) is 0. The van der Waals surface area contributed by atoms with Crippen molar-refractivity contribution < 1.29 is 4.57 Å². The molecule has 4 nitrogen and oxygen atoms in total. The van der Waals surface area contributed by atoms with Crippen LogP contribution >= 0.6 is 0 Å². The van der Waals surface area contributed by atoms with Gasteiger partial charge in [0.2, 0.25) is 6.33 Å². The van der Waals surface area contributed by atoms with Crippen LogP contribution in [0, 0.1) is 13.8 Å². The van der Waals surface area contributed by atoms with E-state index in [2.05, 4.69) is 15.0 Å². The minimum absolute atomic E-state index is 0.928. The van der Waals surface area contributed by atoms with Gasteiger partial charge in [-0.3, -0.25) is 0 Å². The third kappa shape index (κ3) is 0.879. The maximum absolute atomic E-state index is 4.34. The number of aryl methyl sites for hydroxylation is 3. The maximum atomic E-state index is 4.34. The van der Waals surface area contributed by atoms with Gasteiger partial charge < -0.3 is 4.98 Å². The molecule has 0 atom stereocenters. The first-order valence-electron chi connectivity index (χ1n) is 3.86. The highest BCUT2D eigenvalue weighted by atomic mass is 15.1. The first-order valence-corrected chi connectivity index (χ1v) is 3.86. The van der Waals surface area contributed by atoms with Crippen LogP contribution in [0.15, 0.2) is 6.33 Å². The quantitative estimate of drug-likeness (QED) is 0.571. The molecule has 0 unspecified atom stereocenters. The number of H-pyrrole nitrogens is 1. The van der Waals surface area contributed by atoms with Gasteiger partial charge >= 0.3 is 0 Å². The van der Waals surface area contributed by atoms with E-state index >= 15 is 0 Å². The lowest BCUT2D eigenvalue weighted by Crippen LogP contribution is -2.29. The van der Waals surface area contributed by atoms with Crippen LogP contribution in [0.3, 0.4) is 0 Å². The van der Waals surface area contributed by atoms with Crippen LogP contribution in [0.1, 0.15) is 11.5 Å². The number of hydrogen-bond donors (Lipinski definition) is 1. The fourth-order valence-electron chi connectivity index (χ4n) is 1.28. The molecule has 0 aromatic carbocycles. The molecular weight excluding hydrogens is 152 g/mol. The average Bonchev–Trinajstić information content (AvgIpc) is 2.41. The van der Waals surface area contributed by atoms with Gasteiger partial charge in [-0.2, -0.15) is 0 Å². The molecule has 12 heavy (non-hydrogen) atoms. The number of nitrogens with zero attached hydrogens (tertiary/aromatic N) is 3. The molecule has 0 aliphatic heterocycles. The van der Waals surface area contributed by atoms with Gasteiger partial charge in [0.1, 0.15) is 5.69 Å². The van der Waals surface area contributed by atoms with E-state index in [0.717, 1.165) is 22.7 Å². The van der Waals surface area contributed by atoms with Crippen LogP contribution < -0.4 is 4.57 Å². The van der Waals surface area contributed by atoms with Crippen LogP contribution in [0.25, 0.3) is 11.2 Å². The summed E-state index contributed by atoms with van der Waals surface area (Å²) in [6, 6.07) is 0. The number of nitrogens with one attached hydrogen (secondary N) is 1. The van der Waals surface area contributed by atoms with Gasteiger partial charge in [-0.15, -0.1) is 4.98 Å². The molecule has 0 aliphatic rings. The first-order chi connectivity index (χ1) is 5.68. The second-order valence-corrected chi connectivity index (χ2v) is 2.96. The van der Waals surface area contributed by atoms with Gasteiger partial charge in [-0.25, -0.2) is 4.57 Å². The standard InChI is InChI=1S/C8H10N4/c1-5-7-8(11-6(2)10-7)12(3)4-9-5/h4H,1-3H3/p+1. The molecule has 4 heteroatoms. The van der Waals surface area contributed by atoms with Crippen molar-refractivity contribution in [3.63, 3.8) is 0 Å². The predicted molar refractivity (Wildman–Crippen MR) is 44.5 cm³/mol. The Morgan fingerprint density at radius 2 is 2.17 bits per heavy atom. The minimum atomic E-state index is 0.928. The number of hydrogen-bond acceptors (Lipinski definition) is 2. The molecule has 0 spiro atoms. The molecule has 0 bridgehead atoms. The Bertz CT molecular complexity index is 391. The van der Waals surface area contributed by atoms with Crippen molar-refractivity contribution in [3.05, 3.63) is 17.8 Å². The molecule has 0 saturated carbocycles. The molecular formula is C8H11N4+. The van der Waals surface area contributed by atoms with Crippen molar-refractivity contribution >= 4 is 11.2 Å². The normalized spacial score (nSPS) is 10.9. The van der Waals surface area contributed by atoms with Crippen molar-refractivity contribution in [2.45, 2.75) is 13.8 Å². The van der Waals surface area contributed by atoms with E-state index in [1.807, 2.05) is 25.5 Å². The summed E-state index contributed by atoms with van der Waals surface area (Å²) in [5.74, 6) is 0.928. The summed E-state index contributed by atoms with van der Waals surface area (Å²) in [5.41, 5.74) is 2.97. The zero-order valence-electron chi connectivity index (χ0n) is 7.42. The van der Waals surface area contributed by atoms with E-state index in [0.29, 0.717) is 0 Å². The lowest BCUT2D eigenvalue weighted by molar-refractivity contribution is -0.649. The third-order valence-corrected chi connectivity index (χ3v) is 1.92. The molecule has 2 rings (SSSR count). The Kier molecular flexibility index (Phi) is 1.36. The fourth-order valence-corrected chi connectivity index (χ4v) is 1.28. The second kappa shape index (κ2) is 2.27. The molecule has 0 fully saturated rings. The highest BCUT2D eigenvalue weighted by molar-refractivity contribution is 5.69. The van der Waals surface area contributed by atoms with Crippen LogP contribution in [0.4, 0.5) is 0 Å². The highest BCUT2D eigenvalue weighted by Crippen LogP contribution is 2.07. The van der Waals surface area contributed by atoms with E-state index in [-0.39, 0.29) is 0 Å². The van der Waals surface area contributed by atoms with Crippen molar-refractivity contribution in [1.29, 1.82) is 0 Å². The SMILES string of the molecule is Cc1nc2c([nH]1)c(C)nc[n+]2C. The molecule has 0 radical (unpaired) electrons. The number of imidazole rings is 1.